The molecule has 0 fully saturated rings. The van der Waals surface area contributed by atoms with E-state index in [0.29, 0.717) is 41.4 Å². The molecule has 2 aromatic carbocycles. The molecule has 0 spiro atoms. The first-order chi connectivity index (χ1) is 13.7. The van der Waals surface area contributed by atoms with Crippen molar-refractivity contribution in [3.8, 4) is 11.5 Å². The van der Waals surface area contributed by atoms with Gasteiger partial charge < -0.3 is 20.1 Å². The van der Waals surface area contributed by atoms with Gasteiger partial charge in [-0.05, 0) is 41.8 Å². The third-order valence-corrected chi connectivity index (χ3v) is 4.34. The van der Waals surface area contributed by atoms with Crippen LogP contribution in [0.25, 0.3) is 0 Å². The summed E-state index contributed by atoms with van der Waals surface area (Å²) < 4.78 is 10.6. The van der Waals surface area contributed by atoms with Crippen molar-refractivity contribution < 1.29 is 9.47 Å². The highest BCUT2D eigenvalue weighted by atomic mass is 35.5. The van der Waals surface area contributed by atoms with Gasteiger partial charge in [0.15, 0.2) is 17.3 Å². The molecule has 0 bridgehead atoms. The summed E-state index contributed by atoms with van der Waals surface area (Å²) in [5, 5.41) is 15.2. The van der Waals surface area contributed by atoms with Gasteiger partial charge in [-0.2, -0.15) is 10.1 Å². The summed E-state index contributed by atoms with van der Waals surface area (Å²) in [6.07, 6.45) is 2.38. The number of ether oxygens (including phenoxy) is 2. The van der Waals surface area contributed by atoms with E-state index in [9.17, 15) is 0 Å². The first-order valence-corrected chi connectivity index (χ1v) is 9.18. The lowest BCUT2D eigenvalue weighted by Gasteiger charge is -2.10. The second-order valence-electron chi connectivity index (χ2n) is 6.01. The summed E-state index contributed by atoms with van der Waals surface area (Å²) in [6, 6.07) is 13.5. The van der Waals surface area contributed by atoms with Crippen LogP contribution in [0.15, 0.2) is 48.7 Å². The van der Waals surface area contributed by atoms with Crippen molar-refractivity contribution in [1.82, 2.24) is 15.2 Å². The Kier molecular flexibility index (Phi) is 6.86. The Labute approximate surface area is 169 Å². The lowest BCUT2D eigenvalue weighted by molar-refractivity contribution is 0.354. The predicted octanol–water partition coefficient (Wildman–Crippen LogP) is 3.81. The standard InChI is InChI=1S/C20H22ClN5O2/c1-27-17-8-5-14(11-18(17)28-2)9-10-22-20-25-19(13-24-26-20)23-12-15-3-6-16(21)7-4-15/h3-8,11,13H,9-10,12H2,1-2H3,(H2,22,23,25,26). The van der Waals surface area contributed by atoms with Crippen LogP contribution in [-0.2, 0) is 13.0 Å². The van der Waals surface area contributed by atoms with Crippen molar-refractivity contribution in [3.05, 3.63) is 64.8 Å². The Bertz CT molecular complexity index is 905. The number of methoxy groups -OCH3 is 2. The molecule has 7 nitrogen and oxygen atoms in total. The first-order valence-electron chi connectivity index (χ1n) is 8.81. The molecular formula is C20H22ClN5O2. The van der Waals surface area contributed by atoms with Gasteiger partial charge in [-0.15, -0.1) is 5.10 Å². The molecule has 3 aromatic rings. The van der Waals surface area contributed by atoms with Crippen LogP contribution in [0.3, 0.4) is 0 Å². The maximum atomic E-state index is 5.90. The van der Waals surface area contributed by atoms with E-state index < -0.39 is 0 Å². The summed E-state index contributed by atoms with van der Waals surface area (Å²) in [6.45, 7) is 1.29. The Hall–Kier alpha value is -3.06. The maximum absolute atomic E-state index is 5.90. The zero-order valence-electron chi connectivity index (χ0n) is 15.8. The fourth-order valence-electron chi connectivity index (χ4n) is 2.61. The Morgan fingerprint density at radius 1 is 0.929 bits per heavy atom. The Morgan fingerprint density at radius 2 is 1.68 bits per heavy atom. The van der Waals surface area contributed by atoms with Gasteiger partial charge in [0.2, 0.25) is 5.95 Å². The summed E-state index contributed by atoms with van der Waals surface area (Å²) in [5.41, 5.74) is 2.22. The highest BCUT2D eigenvalue weighted by Gasteiger charge is 2.05. The summed E-state index contributed by atoms with van der Waals surface area (Å²) in [7, 11) is 3.25. The molecule has 1 aromatic heterocycles. The highest BCUT2D eigenvalue weighted by Crippen LogP contribution is 2.27. The average molecular weight is 400 g/mol. The Morgan fingerprint density at radius 3 is 2.43 bits per heavy atom. The van der Waals surface area contributed by atoms with E-state index >= 15 is 0 Å². The minimum Gasteiger partial charge on any atom is -0.493 e. The fraction of sp³-hybridized carbons (Fsp3) is 0.250. The van der Waals surface area contributed by atoms with Gasteiger partial charge in [0.05, 0.1) is 20.4 Å². The van der Waals surface area contributed by atoms with Gasteiger partial charge in [0, 0.05) is 18.1 Å². The van der Waals surface area contributed by atoms with Crippen molar-refractivity contribution in [2.24, 2.45) is 0 Å². The van der Waals surface area contributed by atoms with Crippen molar-refractivity contribution in [3.63, 3.8) is 0 Å². The number of aromatic nitrogens is 3. The molecule has 0 aliphatic carbocycles. The molecule has 0 saturated carbocycles. The molecule has 1 heterocycles. The second-order valence-corrected chi connectivity index (χ2v) is 6.45. The first kappa shape index (κ1) is 19.7. The van der Waals surface area contributed by atoms with E-state index in [4.69, 9.17) is 21.1 Å². The van der Waals surface area contributed by atoms with Gasteiger partial charge in [-0.25, -0.2) is 0 Å². The van der Waals surface area contributed by atoms with Gasteiger partial charge in [0.25, 0.3) is 0 Å². The molecule has 146 valence electrons. The van der Waals surface area contributed by atoms with Crippen molar-refractivity contribution in [2.45, 2.75) is 13.0 Å². The monoisotopic (exact) mass is 399 g/mol. The molecule has 0 saturated heterocycles. The molecule has 0 atom stereocenters. The number of hydrogen-bond donors (Lipinski definition) is 2. The largest absolute Gasteiger partial charge is 0.493 e. The molecule has 0 aliphatic heterocycles. The highest BCUT2D eigenvalue weighted by molar-refractivity contribution is 6.30. The van der Waals surface area contributed by atoms with Crippen molar-refractivity contribution in [2.75, 3.05) is 31.4 Å². The molecule has 3 rings (SSSR count). The van der Waals surface area contributed by atoms with Crippen molar-refractivity contribution in [1.29, 1.82) is 0 Å². The predicted molar refractivity (Wildman–Crippen MR) is 110 cm³/mol. The minimum absolute atomic E-state index is 0.474. The smallest absolute Gasteiger partial charge is 0.244 e. The number of hydrogen-bond acceptors (Lipinski definition) is 7. The van der Waals surface area contributed by atoms with Gasteiger partial charge in [0.1, 0.15) is 0 Å². The normalized spacial score (nSPS) is 10.4. The average Bonchev–Trinajstić information content (AvgIpc) is 2.73. The number of nitrogens with zero attached hydrogens (tertiary/aromatic N) is 3. The molecule has 2 N–H and O–H groups in total. The van der Waals surface area contributed by atoms with Gasteiger partial charge in [-0.3, -0.25) is 0 Å². The molecular weight excluding hydrogens is 378 g/mol. The van der Waals surface area contributed by atoms with E-state index in [1.165, 1.54) is 0 Å². The van der Waals surface area contributed by atoms with Gasteiger partial charge >= 0.3 is 0 Å². The zero-order chi connectivity index (χ0) is 19.8. The van der Waals surface area contributed by atoms with Crippen LogP contribution in [0.1, 0.15) is 11.1 Å². The van der Waals surface area contributed by atoms with E-state index in [-0.39, 0.29) is 0 Å². The summed E-state index contributed by atoms with van der Waals surface area (Å²) in [5.74, 6) is 2.55. The molecule has 0 unspecified atom stereocenters. The third-order valence-electron chi connectivity index (χ3n) is 4.09. The fourth-order valence-corrected chi connectivity index (χ4v) is 2.74. The maximum Gasteiger partial charge on any atom is 0.244 e. The van der Waals surface area contributed by atoms with Crippen LogP contribution in [0, 0.1) is 0 Å². The number of nitrogens with one attached hydrogen (secondary N) is 2. The number of benzene rings is 2. The lowest BCUT2D eigenvalue weighted by Crippen LogP contribution is -2.10. The van der Waals surface area contributed by atoms with E-state index in [2.05, 4.69) is 25.8 Å². The van der Waals surface area contributed by atoms with Crippen LogP contribution in [0.5, 0.6) is 11.5 Å². The van der Waals surface area contributed by atoms with Crippen LogP contribution in [-0.4, -0.2) is 35.9 Å². The number of anilines is 2. The summed E-state index contributed by atoms with van der Waals surface area (Å²) >= 11 is 5.90. The van der Waals surface area contributed by atoms with E-state index in [1.54, 1.807) is 20.4 Å². The second kappa shape index (κ2) is 9.75. The molecule has 28 heavy (non-hydrogen) atoms. The quantitative estimate of drug-likeness (QED) is 0.566. The molecule has 0 aliphatic rings. The van der Waals surface area contributed by atoms with E-state index in [0.717, 1.165) is 17.5 Å². The van der Waals surface area contributed by atoms with Gasteiger partial charge in [-0.1, -0.05) is 29.8 Å². The van der Waals surface area contributed by atoms with Crippen LogP contribution in [0.4, 0.5) is 11.8 Å². The number of rotatable bonds is 9. The van der Waals surface area contributed by atoms with Crippen molar-refractivity contribution >= 4 is 23.4 Å². The molecule has 0 radical (unpaired) electrons. The van der Waals surface area contributed by atoms with Crippen LogP contribution >= 0.6 is 11.6 Å². The Balaban J connectivity index is 1.52. The topological polar surface area (TPSA) is 81.2 Å². The SMILES string of the molecule is COc1ccc(CCNc2nncc(NCc3ccc(Cl)cc3)n2)cc1OC. The van der Waals surface area contributed by atoms with Crippen LogP contribution < -0.4 is 20.1 Å². The zero-order valence-corrected chi connectivity index (χ0v) is 16.5. The van der Waals surface area contributed by atoms with E-state index in [1.807, 2.05) is 42.5 Å². The minimum atomic E-state index is 0.474. The number of halogens is 1. The van der Waals surface area contributed by atoms with Crippen LogP contribution in [0.2, 0.25) is 5.02 Å². The summed E-state index contributed by atoms with van der Waals surface area (Å²) in [4.78, 5) is 4.43. The molecule has 8 heteroatoms. The third kappa shape index (κ3) is 5.47. The molecule has 0 amide bonds. The lowest BCUT2D eigenvalue weighted by atomic mass is 10.1.